The number of hydrazine groups is 1. The standard InChI is InChI=1S/C16H17N3O3/c1-2-22-15-10-8-13(9-11-15)17-16(21)18-19(12-20)14-6-4-3-5-7-14/h3-12H,2H2,1H3,(H2,17,18,21). The first-order chi connectivity index (χ1) is 10.7. The van der Waals surface area contributed by atoms with E-state index in [1.165, 1.54) is 0 Å². The Morgan fingerprint density at radius 3 is 2.41 bits per heavy atom. The molecule has 0 bridgehead atoms. The molecule has 2 N–H and O–H groups in total. The number of anilines is 2. The molecule has 2 aromatic rings. The van der Waals surface area contributed by atoms with Gasteiger partial charge < -0.3 is 10.1 Å². The van der Waals surface area contributed by atoms with Crippen molar-refractivity contribution in [2.45, 2.75) is 6.92 Å². The Morgan fingerprint density at radius 1 is 1.14 bits per heavy atom. The minimum atomic E-state index is -0.514. The van der Waals surface area contributed by atoms with E-state index in [0.29, 0.717) is 24.4 Å². The summed E-state index contributed by atoms with van der Waals surface area (Å²) in [5, 5.41) is 3.74. The highest BCUT2D eigenvalue weighted by Gasteiger charge is 2.09. The molecule has 0 aliphatic heterocycles. The molecule has 0 atom stereocenters. The van der Waals surface area contributed by atoms with Crippen LogP contribution in [0.4, 0.5) is 16.2 Å². The van der Waals surface area contributed by atoms with Gasteiger partial charge >= 0.3 is 6.03 Å². The highest BCUT2D eigenvalue weighted by atomic mass is 16.5. The van der Waals surface area contributed by atoms with Gasteiger partial charge in [0.25, 0.3) is 0 Å². The number of carbonyl (C=O) groups excluding carboxylic acids is 2. The number of benzene rings is 2. The number of hydrogen-bond acceptors (Lipinski definition) is 3. The molecule has 22 heavy (non-hydrogen) atoms. The number of urea groups is 1. The van der Waals surface area contributed by atoms with Crippen molar-refractivity contribution < 1.29 is 14.3 Å². The minimum absolute atomic E-state index is 0.514. The first-order valence-electron chi connectivity index (χ1n) is 6.83. The molecule has 6 nitrogen and oxygen atoms in total. The Labute approximate surface area is 128 Å². The van der Waals surface area contributed by atoms with E-state index in [-0.39, 0.29) is 0 Å². The van der Waals surface area contributed by atoms with Crippen LogP contribution >= 0.6 is 0 Å². The van der Waals surface area contributed by atoms with Gasteiger partial charge in [0.15, 0.2) is 0 Å². The minimum Gasteiger partial charge on any atom is -0.494 e. The molecule has 6 heteroatoms. The molecule has 114 valence electrons. The average molecular weight is 299 g/mol. The number of ether oxygens (including phenoxy) is 1. The molecular formula is C16H17N3O3. The molecule has 0 fully saturated rings. The Bertz CT molecular complexity index is 614. The summed E-state index contributed by atoms with van der Waals surface area (Å²) in [6.07, 6.45) is 0.535. The van der Waals surface area contributed by atoms with Gasteiger partial charge in [-0.2, -0.15) is 0 Å². The lowest BCUT2D eigenvalue weighted by Gasteiger charge is -2.18. The zero-order valence-electron chi connectivity index (χ0n) is 12.2. The van der Waals surface area contributed by atoms with E-state index < -0.39 is 6.03 Å². The predicted molar refractivity (Wildman–Crippen MR) is 84.8 cm³/mol. The molecule has 2 aromatic carbocycles. The highest BCUT2D eigenvalue weighted by Crippen LogP contribution is 2.15. The smallest absolute Gasteiger partial charge is 0.338 e. The summed E-state index contributed by atoms with van der Waals surface area (Å²) in [7, 11) is 0. The zero-order chi connectivity index (χ0) is 15.8. The van der Waals surface area contributed by atoms with Crippen LogP contribution in [0.15, 0.2) is 54.6 Å². The van der Waals surface area contributed by atoms with Crippen molar-refractivity contribution in [2.24, 2.45) is 0 Å². The van der Waals surface area contributed by atoms with Crippen molar-refractivity contribution in [1.82, 2.24) is 5.43 Å². The van der Waals surface area contributed by atoms with Gasteiger partial charge in [-0.3, -0.25) is 4.79 Å². The molecule has 0 saturated heterocycles. The van der Waals surface area contributed by atoms with E-state index in [9.17, 15) is 9.59 Å². The fourth-order valence-electron chi connectivity index (χ4n) is 1.81. The number of carbonyl (C=O) groups is 2. The number of rotatable bonds is 6. The Morgan fingerprint density at radius 2 is 1.82 bits per heavy atom. The lowest BCUT2D eigenvalue weighted by Crippen LogP contribution is -2.43. The topological polar surface area (TPSA) is 70.7 Å². The van der Waals surface area contributed by atoms with Gasteiger partial charge in [0.1, 0.15) is 5.75 Å². The third-order valence-corrected chi connectivity index (χ3v) is 2.78. The summed E-state index contributed by atoms with van der Waals surface area (Å²) < 4.78 is 5.32. The van der Waals surface area contributed by atoms with Crippen molar-refractivity contribution in [3.63, 3.8) is 0 Å². The van der Waals surface area contributed by atoms with Crippen LogP contribution in [-0.2, 0) is 4.79 Å². The monoisotopic (exact) mass is 299 g/mol. The zero-order valence-corrected chi connectivity index (χ0v) is 12.2. The normalized spacial score (nSPS) is 9.68. The molecule has 2 rings (SSSR count). The summed E-state index contributed by atoms with van der Waals surface area (Å²) in [6, 6.07) is 15.2. The highest BCUT2D eigenvalue weighted by molar-refractivity contribution is 5.93. The second-order valence-electron chi connectivity index (χ2n) is 4.33. The van der Waals surface area contributed by atoms with Gasteiger partial charge in [0.05, 0.1) is 12.3 Å². The summed E-state index contributed by atoms with van der Waals surface area (Å²) in [5.74, 6) is 0.729. The maximum absolute atomic E-state index is 11.9. The van der Waals surface area contributed by atoms with E-state index in [0.717, 1.165) is 10.8 Å². The van der Waals surface area contributed by atoms with Crippen LogP contribution in [0.2, 0.25) is 0 Å². The predicted octanol–water partition coefficient (Wildman–Crippen LogP) is 2.78. The van der Waals surface area contributed by atoms with Crippen LogP contribution in [0.3, 0.4) is 0 Å². The second-order valence-corrected chi connectivity index (χ2v) is 4.33. The molecule has 0 spiro atoms. The Kier molecular flexibility index (Phi) is 5.37. The van der Waals surface area contributed by atoms with Gasteiger partial charge in [-0.25, -0.2) is 15.2 Å². The number of amides is 3. The van der Waals surface area contributed by atoms with E-state index in [1.54, 1.807) is 48.5 Å². The molecule has 0 unspecified atom stereocenters. The van der Waals surface area contributed by atoms with Gasteiger partial charge in [0, 0.05) is 5.69 Å². The van der Waals surface area contributed by atoms with Gasteiger partial charge in [-0.15, -0.1) is 0 Å². The molecule has 0 aliphatic carbocycles. The summed E-state index contributed by atoms with van der Waals surface area (Å²) in [6.45, 7) is 2.48. The third kappa shape index (κ3) is 4.24. The van der Waals surface area contributed by atoms with Crippen molar-refractivity contribution in [3.8, 4) is 5.75 Å². The Hall–Kier alpha value is -3.02. The van der Waals surface area contributed by atoms with Crippen LogP contribution < -0.4 is 20.5 Å². The first-order valence-corrected chi connectivity index (χ1v) is 6.83. The van der Waals surface area contributed by atoms with Crippen molar-refractivity contribution in [3.05, 3.63) is 54.6 Å². The lowest BCUT2D eigenvalue weighted by atomic mass is 10.3. The fourth-order valence-corrected chi connectivity index (χ4v) is 1.81. The van der Waals surface area contributed by atoms with E-state index >= 15 is 0 Å². The fraction of sp³-hybridized carbons (Fsp3) is 0.125. The molecular weight excluding hydrogens is 282 g/mol. The summed E-state index contributed by atoms with van der Waals surface area (Å²) in [4.78, 5) is 23.0. The largest absolute Gasteiger partial charge is 0.494 e. The maximum atomic E-state index is 11.9. The van der Waals surface area contributed by atoms with Crippen LogP contribution in [0, 0.1) is 0 Å². The van der Waals surface area contributed by atoms with E-state index in [2.05, 4.69) is 10.7 Å². The third-order valence-electron chi connectivity index (χ3n) is 2.78. The summed E-state index contributed by atoms with van der Waals surface area (Å²) >= 11 is 0. The number of para-hydroxylation sites is 1. The molecule has 0 radical (unpaired) electrons. The number of nitrogens with one attached hydrogen (secondary N) is 2. The SMILES string of the molecule is CCOc1ccc(NC(=O)NN(C=O)c2ccccc2)cc1. The molecule has 3 amide bonds. The summed E-state index contributed by atoms with van der Waals surface area (Å²) in [5.41, 5.74) is 3.62. The maximum Gasteiger partial charge on any atom is 0.338 e. The Balaban J connectivity index is 1.95. The molecule has 0 aliphatic rings. The molecule has 0 aromatic heterocycles. The van der Waals surface area contributed by atoms with Crippen LogP contribution in [-0.4, -0.2) is 19.0 Å². The second kappa shape index (κ2) is 7.68. The average Bonchev–Trinajstić information content (AvgIpc) is 2.55. The van der Waals surface area contributed by atoms with Crippen molar-refractivity contribution >= 4 is 23.8 Å². The number of nitrogens with zero attached hydrogens (tertiary/aromatic N) is 1. The molecule has 0 heterocycles. The number of hydrogen-bond donors (Lipinski definition) is 2. The van der Waals surface area contributed by atoms with E-state index in [4.69, 9.17) is 4.74 Å². The van der Waals surface area contributed by atoms with Crippen LogP contribution in [0.25, 0.3) is 0 Å². The van der Waals surface area contributed by atoms with Crippen molar-refractivity contribution in [1.29, 1.82) is 0 Å². The first kappa shape index (κ1) is 15.4. The van der Waals surface area contributed by atoms with Gasteiger partial charge in [-0.1, -0.05) is 18.2 Å². The van der Waals surface area contributed by atoms with Gasteiger partial charge in [-0.05, 0) is 43.3 Å². The quantitative estimate of drug-likeness (QED) is 0.636. The van der Waals surface area contributed by atoms with Crippen LogP contribution in [0.1, 0.15) is 6.92 Å². The van der Waals surface area contributed by atoms with Gasteiger partial charge in [0.2, 0.25) is 6.41 Å². The van der Waals surface area contributed by atoms with Crippen molar-refractivity contribution in [2.75, 3.05) is 16.9 Å². The lowest BCUT2D eigenvalue weighted by molar-refractivity contribution is -0.107. The van der Waals surface area contributed by atoms with E-state index in [1.807, 2.05) is 13.0 Å². The molecule has 0 saturated carbocycles. The van der Waals surface area contributed by atoms with Crippen LogP contribution in [0.5, 0.6) is 5.75 Å².